The third kappa shape index (κ3) is 2.18. The molecule has 3 nitrogen and oxygen atoms in total. The van der Waals surface area contributed by atoms with Gasteiger partial charge in [-0.15, -0.1) is 0 Å². The second kappa shape index (κ2) is 4.40. The quantitative estimate of drug-likeness (QED) is 0.782. The van der Waals surface area contributed by atoms with Crippen molar-refractivity contribution in [2.24, 2.45) is 0 Å². The van der Waals surface area contributed by atoms with Gasteiger partial charge >= 0.3 is 0 Å². The third-order valence-electron chi connectivity index (χ3n) is 3.08. The maximum Gasteiger partial charge on any atom is 0.225 e. The minimum Gasteiger partial charge on any atom is -0.341 e. The van der Waals surface area contributed by atoms with E-state index in [2.05, 4.69) is 48.6 Å². The summed E-state index contributed by atoms with van der Waals surface area (Å²) in [5.74, 6) is 1.88. The van der Waals surface area contributed by atoms with Crippen LogP contribution in [-0.2, 0) is 0 Å². The molecule has 1 fully saturated rings. The molecule has 0 spiro atoms. The van der Waals surface area contributed by atoms with Gasteiger partial charge in [-0.3, -0.25) is 0 Å². The molecule has 1 aliphatic rings. The largest absolute Gasteiger partial charge is 0.341 e. The lowest BCUT2D eigenvalue weighted by Gasteiger charge is -2.31. The minimum atomic E-state index is 0.473. The highest BCUT2D eigenvalue weighted by atomic mass is 15.3. The summed E-state index contributed by atoms with van der Waals surface area (Å²) in [5, 5.41) is 0. The molecule has 2 heterocycles. The molecule has 0 amide bonds. The Morgan fingerprint density at radius 3 is 1.81 bits per heavy atom. The van der Waals surface area contributed by atoms with E-state index in [0.29, 0.717) is 11.8 Å². The molecule has 0 unspecified atom stereocenters. The molecule has 1 aliphatic heterocycles. The smallest absolute Gasteiger partial charge is 0.225 e. The van der Waals surface area contributed by atoms with E-state index < -0.39 is 0 Å². The van der Waals surface area contributed by atoms with Crippen LogP contribution in [0, 0.1) is 0 Å². The lowest BCUT2D eigenvalue weighted by atomic mass is 10.1. The number of rotatable bonds is 3. The topological polar surface area (TPSA) is 29.0 Å². The Morgan fingerprint density at radius 2 is 1.50 bits per heavy atom. The summed E-state index contributed by atoms with van der Waals surface area (Å²) >= 11 is 0. The van der Waals surface area contributed by atoms with Crippen molar-refractivity contribution < 1.29 is 0 Å². The lowest BCUT2D eigenvalue weighted by molar-refractivity contribution is 0.592. The molecular weight excluding hydrogens is 198 g/mol. The Kier molecular flexibility index (Phi) is 3.13. The predicted octanol–water partition coefficient (Wildman–Crippen LogP) is 2.93. The molecule has 88 valence electrons. The van der Waals surface area contributed by atoms with Crippen molar-refractivity contribution in [2.45, 2.75) is 46.0 Å². The molecule has 16 heavy (non-hydrogen) atoms. The van der Waals surface area contributed by atoms with Crippen LogP contribution < -0.4 is 4.90 Å². The maximum absolute atomic E-state index is 4.65. The highest BCUT2D eigenvalue weighted by Gasteiger charge is 2.19. The third-order valence-corrected chi connectivity index (χ3v) is 3.08. The molecule has 0 saturated carbocycles. The van der Waals surface area contributed by atoms with Crippen molar-refractivity contribution in [3.8, 4) is 0 Å². The zero-order valence-corrected chi connectivity index (χ0v) is 10.7. The van der Waals surface area contributed by atoms with Gasteiger partial charge in [0, 0.05) is 24.5 Å². The molecule has 0 aromatic carbocycles. The van der Waals surface area contributed by atoms with E-state index in [-0.39, 0.29) is 0 Å². The van der Waals surface area contributed by atoms with Gasteiger partial charge in [0.05, 0.1) is 0 Å². The van der Waals surface area contributed by atoms with Crippen LogP contribution in [0.4, 0.5) is 5.95 Å². The fraction of sp³-hybridized carbons (Fsp3) is 0.692. The van der Waals surface area contributed by atoms with E-state index in [9.17, 15) is 0 Å². The molecule has 1 aromatic rings. The Bertz CT molecular complexity index is 341. The minimum absolute atomic E-state index is 0.473. The summed E-state index contributed by atoms with van der Waals surface area (Å²) in [6.07, 6.45) is 1.27. The Balaban J connectivity index is 2.36. The summed E-state index contributed by atoms with van der Waals surface area (Å²) < 4.78 is 0. The van der Waals surface area contributed by atoms with Gasteiger partial charge in [-0.2, -0.15) is 0 Å². The van der Waals surface area contributed by atoms with Gasteiger partial charge < -0.3 is 4.90 Å². The van der Waals surface area contributed by atoms with Crippen LogP contribution >= 0.6 is 0 Å². The molecule has 0 atom stereocenters. The van der Waals surface area contributed by atoms with Gasteiger partial charge in [-0.1, -0.05) is 27.7 Å². The lowest BCUT2D eigenvalue weighted by Crippen LogP contribution is -2.38. The van der Waals surface area contributed by atoms with Crippen molar-refractivity contribution in [2.75, 3.05) is 18.0 Å². The van der Waals surface area contributed by atoms with E-state index in [0.717, 1.165) is 19.0 Å². The second-order valence-electron chi connectivity index (χ2n) is 5.17. The average molecular weight is 219 g/mol. The molecule has 0 bridgehead atoms. The van der Waals surface area contributed by atoms with Crippen LogP contribution in [0.15, 0.2) is 6.07 Å². The molecular formula is C13H21N3. The van der Waals surface area contributed by atoms with Crippen LogP contribution in [0.3, 0.4) is 0 Å². The van der Waals surface area contributed by atoms with E-state index in [1.54, 1.807) is 0 Å². The number of hydrogen-bond acceptors (Lipinski definition) is 3. The predicted molar refractivity (Wildman–Crippen MR) is 67.0 cm³/mol. The zero-order valence-electron chi connectivity index (χ0n) is 10.7. The molecule has 1 saturated heterocycles. The van der Waals surface area contributed by atoms with Crippen molar-refractivity contribution in [1.82, 2.24) is 9.97 Å². The van der Waals surface area contributed by atoms with Crippen LogP contribution in [-0.4, -0.2) is 23.1 Å². The number of anilines is 1. The van der Waals surface area contributed by atoms with Crippen molar-refractivity contribution in [1.29, 1.82) is 0 Å². The molecule has 0 radical (unpaired) electrons. The zero-order chi connectivity index (χ0) is 11.7. The SMILES string of the molecule is CC(C)c1cc(C(C)C)nc(N2CCC2)n1. The van der Waals surface area contributed by atoms with Crippen LogP contribution in [0.1, 0.15) is 57.3 Å². The number of hydrogen-bond donors (Lipinski definition) is 0. The van der Waals surface area contributed by atoms with Crippen LogP contribution in [0.25, 0.3) is 0 Å². The van der Waals surface area contributed by atoms with Crippen molar-refractivity contribution in [3.05, 3.63) is 17.5 Å². The molecule has 1 aromatic heterocycles. The summed E-state index contributed by atoms with van der Waals surface area (Å²) in [6.45, 7) is 11.0. The van der Waals surface area contributed by atoms with Gasteiger partial charge in [-0.05, 0) is 24.3 Å². The highest BCUT2D eigenvalue weighted by molar-refractivity contribution is 5.36. The highest BCUT2D eigenvalue weighted by Crippen LogP contribution is 2.23. The van der Waals surface area contributed by atoms with E-state index >= 15 is 0 Å². The summed E-state index contributed by atoms with van der Waals surface area (Å²) in [6, 6.07) is 2.15. The van der Waals surface area contributed by atoms with Gasteiger partial charge in [-0.25, -0.2) is 9.97 Å². The Labute approximate surface area is 97.9 Å². The standard InChI is InChI=1S/C13H21N3/c1-9(2)11-8-12(10(3)4)15-13(14-11)16-6-5-7-16/h8-10H,5-7H2,1-4H3. The van der Waals surface area contributed by atoms with Crippen LogP contribution in [0.2, 0.25) is 0 Å². The summed E-state index contributed by atoms with van der Waals surface area (Å²) in [7, 11) is 0. The normalized spacial score (nSPS) is 15.8. The fourth-order valence-electron chi connectivity index (χ4n) is 1.72. The summed E-state index contributed by atoms with van der Waals surface area (Å²) in [4.78, 5) is 11.6. The van der Waals surface area contributed by atoms with Crippen molar-refractivity contribution in [3.63, 3.8) is 0 Å². The van der Waals surface area contributed by atoms with Crippen LogP contribution in [0.5, 0.6) is 0 Å². The monoisotopic (exact) mass is 219 g/mol. The molecule has 2 rings (SSSR count). The van der Waals surface area contributed by atoms with E-state index in [1.165, 1.54) is 17.8 Å². The fourth-order valence-corrected chi connectivity index (χ4v) is 1.72. The van der Waals surface area contributed by atoms with E-state index in [4.69, 9.17) is 0 Å². The summed E-state index contributed by atoms with van der Waals surface area (Å²) in [5.41, 5.74) is 2.33. The first kappa shape index (κ1) is 11.4. The number of aromatic nitrogens is 2. The molecule has 3 heteroatoms. The first-order valence-corrected chi connectivity index (χ1v) is 6.21. The van der Waals surface area contributed by atoms with Gasteiger partial charge in [0.25, 0.3) is 0 Å². The Morgan fingerprint density at radius 1 is 1.00 bits per heavy atom. The van der Waals surface area contributed by atoms with E-state index in [1.807, 2.05) is 0 Å². The van der Waals surface area contributed by atoms with Gasteiger partial charge in [0.2, 0.25) is 5.95 Å². The first-order chi connectivity index (χ1) is 7.58. The second-order valence-corrected chi connectivity index (χ2v) is 5.17. The maximum atomic E-state index is 4.65. The first-order valence-electron chi connectivity index (χ1n) is 6.21. The van der Waals surface area contributed by atoms with Gasteiger partial charge in [0.1, 0.15) is 0 Å². The molecule has 0 aliphatic carbocycles. The molecule has 0 N–H and O–H groups in total. The average Bonchev–Trinajstić information content (AvgIpc) is 2.14. The Hall–Kier alpha value is -1.12. The van der Waals surface area contributed by atoms with Crippen molar-refractivity contribution >= 4 is 5.95 Å². The van der Waals surface area contributed by atoms with Gasteiger partial charge in [0.15, 0.2) is 0 Å². The number of nitrogens with zero attached hydrogens (tertiary/aromatic N) is 3.